The van der Waals surface area contributed by atoms with Gasteiger partial charge in [0.25, 0.3) is 0 Å². The topological polar surface area (TPSA) is 70.5 Å². The zero-order chi connectivity index (χ0) is 27.8. The zero-order valence-electron chi connectivity index (χ0n) is 20.7. The maximum Gasteiger partial charge on any atom is 0.390 e. The van der Waals surface area contributed by atoms with Crippen molar-refractivity contribution in [2.24, 2.45) is 0 Å². The first-order chi connectivity index (χ1) is 17.7. The molecule has 2 aromatic carbocycles. The second-order valence-corrected chi connectivity index (χ2v) is 9.59. The monoisotopic (exact) mass is 554 g/mol. The van der Waals surface area contributed by atoms with Crippen LogP contribution in [-0.2, 0) is 19.0 Å². The smallest absolute Gasteiger partial charge is 0.275 e. The highest BCUT2D eigenvalue weighted by Gasteiger charge is 2.34. The van der Waals surface area contributed by atoms with Crippen molar-refractivity contribution in [2.45, 2.75) is 58.3 Å². The SMILES string of the molecule is CC(C)c1ccccc1-n1nc(Cn2nc(-c3ccc(Cl)cc3)n(CCC(F)(F)F)c2=O)nc1C(C)(F)F. The Kier molecular flexibility index (Phi) is 7.46. The summed E-state index contributed by atoms with van der Waals surface area (Å²) in [5, 5.41) is 8.85. The summed E-state index contributed by atoms with van der Waals surface area (Å²) in [4.78, 5) is 17.1. The van der Waals surface area contributed by atoms with E-state index in [9.17, 15) is 26.7 Å². The van der Waals surface area contributed by atoms with Gasteiger partial charge in [0.1, 0.15) is 6.54 Å². The minimum Gasteiger partial charge on any atom is -0.275 e. The largest absolute Gasteiger partial charge is 0.390 e. The summed E-state index contributed by atoms with van der Waals surface area (Å²) < 4.78 is 70.8. The molecule has 0 saturated heterocycles. The summed E-state index contributed by atoms with van der Waals surface area (Å²) in [6, 6.07) is 13.0. The van der Waals surface area contributed by atoms with Gasteiger partial charge >= 0.3 is 17.8 Å². The van der Waals surface area contributed by atoms with Crippen molar-refractivity contribution in [1.29, 1.82) is 0 Å². The predicted molar refractivity (Wildman–Crippen MR) is 132 cm³/mol. The van der Waals surface area contributed by atoms with Crippen molar-refractivity contribution in [3.63, 3.8) is 0 Å². The van der Waals surface area contributed by atoms with Crippen LogP contribution in [0.4, 0.5) is 22.0 Å². The van der Waals surface area contributed by atoms with E-state index in [2.05, 4.69) is 15.2 Å². The van der Waals surface area contributed by atoms with Crippen LogP contribution >= 0.6 is 11.6 Å². The molecule has 0 aliphatic rings. The molecule has 0 atom stereocenters. The first kappa shape index (κ1) is 27.5. The molecule has 0 bridgehead atoms. The van der Waals surface area contributed by atoms with Crippen molar-refractivity contribution in [2.75, 3.05) is 0 Å². The van der Waals surface area contributed by atoms with Gasteiger partial charge in [-0.1, -0.05) is 43.6 Å². The Hall–Kier alpha value is -3.54. The van der Waals surface area contributed by atoms with Crippen LogP contribution in [-0.4, -0.2) is 35.3 Å². The van der Waals surface area contributed by atoms with Crippen molar-refractivity contribution in [3.05, 3.63) is 81.3 Å². The fourth-order valence-electron chi connectivity index (χ4n) is 3.97. The number of hydrogen-bond acceptors (Lipinski definition) is 4. The van der Waals surface area contributed by atoms with Crippen LogP contribution in [0.15, 0.2) is 53.3 Å². The summed E-state index contributed by atoms with van der Waals surface area (Å²) in [5.41, 5.74) is 0.663. The van der Waals surface area contributed by atoms with Gasteiger partial charge < -0.3 is 0 Å². The molecule has 0 saturated carbocycles. The Morgan fingerprint density at radius 3 is 2.24 bits per heavy atom. The normalized spacial score (nSPS) is 12.5. The third kappa shape index (κ3) is 5.95. The lowest BCUT2D eigenvalue weighted by Crippen LogP contribution is -2.27. The van der Waals surface area contributed by atoms with E-state index in [0.717, 1.165) is 19.5 Å². The summed E-state index contributed by atoms with van der Waals surface area (Å²) >= 11 is 5.92. The van der Waals surface area contributed by atoms with Gasteiger partial charge in [0.15, 0.2) is 11.6 Å². The highest BCUT2D eigenvalue weighted by molar-refractivity contribution is 6.30. The molecule has 0 amide bonds. The summed E-state index contributed by atoms with van der Waals surface area (Å²) in [6.07, 6.45) is -5.77. The minimum atomic E-state index is -4.51. The van der Waals surface area contributed by atoms with Crippen molar-refractivity contribution in [3.8, 4) is 17.1 Å². The lowest BCUT2D eigenvalue weighted by molar-refractivity contribution is -0.136. The molecule has 0 unspecified atom stereocenters. The van der Waals surface area contributed by atoms with E-state index in [4.69, 9.17) is 11.6 Å². The quantitative estimate of drug-likeness (QED) is 0.244. The van der Waals surface area contributed by atoms with E-state index < -0.39 is 43.1 Å². The van der Waals surface area contributed by atoms with Crippen molar-refractivity contribution in [1.82, 2.24) is 29.1 Å². The number of aromatic nitrogens is 6. The molecule has 0 aliphatic carbocycles. The average molecular weight is 555 g/mol. The van der Waals surface area contributed by atoms with Gasteiger partial charge in [0, 0.05) is 24.1 Å². The number of benzene rings is 2. The molecular formula is C25H24ClF5N6O. The molecule has 13 heteroatoms. The van der Waals surface area contributed by atoms with E-state index in [1.807, 2.05) is 13.8 Å². The number of nitrogens with zero attached hydrogens (tertiary/aromatic N) is 6. The molecule has 0 fully saturated rings. The van der Waals surface area contributed by atoms with Crippen LogP contribution in [0.5, 0.6) is 0 Å². The molecule has 38 heavy (non-hydrogen) atoms. The predicted octanol–water partition coefficient (Wildman–Crippen LogP) is 6.18. The van der Waals surface area contributed by atoms with Crippen molar-refractivity contribution >= 4 is 11.6 Å². The van der Waals surface area contributed by atoms with E-state index >= 15 is 0 Å². The third-order valence-electron chi connectivity index (χ3n) is 5.77. The van der Waals surface area contributed by atoms with Crippen LogP contribution in [0, 0.1) is 0 Å². The zero-order valence-corrected chi connectivity index (χ0v) is 21.4. The molecule has 0 N–H and O–H groups in total. The summed E-state index contributed by atoms with van der Waals surface area (Å²) in [7, 11) is 0. The first-order valence-electron chi connectivity index (χ1n) is 11.7. The number of rotatable bonds is 8. The standard InChI is InChI=1S/C25H24ClF5N6O/c1-15(2)18-6-4-5-7-19(18)37-22(24(3,27)28)32-20(33-37)14-36-23(38)35(13-12-25(29,30)31)21(34-36)16-8-10-17(26)11-9-16/h4-11,15H,12-14H2,1-3H3. The van der Waals surface area contributed by atoms with Crippen LogP contribution in [0.3, 0.4) is 0 Å². The molecule has 0 spiro atoms. The third-order valence-corrected chi connectivity index (χ3v) is 6.02. The van der Waals surface area contributed by atoms with Crippen LogP contribution in [0.25, 0.3) is 17.1 Å². The molecule has 0 aliphatic heterocycles. The van der Waals surface area contributed by atoms with Gasteiger partial charge in [-0.05, 0) is 41.8 Å². The number of para-hydroxylation sites is 1. The van der Waals surface area contributed by atoms with Gasteiger partial charge in [-0.2, -0.15) is 22.0 Å². The first-order valence-corrected chi connectivity index (χ1v) is 12.1. The average Bonchev–Trinajstić information content (AvgIpc) is 3.39. The molecule has 2 aromatic heterocycles. The van der Waals surface area contributed by atoms with Crippen LogP contribution < -0.4 is 5.69 Å². The minimum absolute atomic E-state index is 0.00827. The fourth-order valence-corrected chi connectivity index (χ4v) is 4.10. The van der Waals surface area contributed by atoms with Gasteiger partial charge in [-0.15, -0.1) is 10.2 Å². The Morgan fingerprint density at radius 2 is 1.63 bits per heavy atom. The summed E-state index contributed by atoms with van der Waals surface area (Å²) in [5.74, 6) is -4.19. The number of alkyl halides is 5. The maximum atomic E-state index is 14.6. The highest BCUT2D eigenvalue weighted by Crippen LogP contribution is 2.31. The van der Waals surface area contributed by atoms with Gasteiger partial charge in [0.05, 0.1) is 12.1 Å². The van der Waals surface area contributed by atoms with E-state index in [0.29, 0.717) is 23.2 Å². The maximum absolute atomic E-state index is 14.6. The summed E-state index contributed by atoms with van der Waals surface area (Å²) in [6.45, 7) is 3.39. The lowest BCUT2D eigenvalue weighted by atomic mass is 10.0. The van der Waals surface area contributed by atoms with Gasteiger partial charge in [-0.25, -0.2) is 19.1 Å². The molecule has 7 nitrogen and oxygen atoms in total. The van der Waals surface area contributed by atoms with Gasteiger partial charge in [-0.3, -0.25) is 4.57 Å². The molecule has 202 valence electrons. The molecule has 0 radical (unpaired) electrons. The fraction of sp³-hybridized carbons (Fsp3) is 0.360. The Balaban J connectivity index is 1.80. The molecule has 2 heterocycles. The van der Waals surface area contributed by atoms with Gasteiger partial charge in [0.2, 0.25) is 5.82 Å². The molecule has 4 rings (SSSR count). The van der Waals surface area contributed by atoms with Crippen molar-refractivity contribution < 1.29 is 22.0 Å². The van der Waals surface area contributed by atoms with E-state index in [1.165, 1.54) is 24.3 Å². The van der Waals surface area contributed by atoms with Crippen LogP contribution in [0.2, 0.25) is 5.02 Å². The lowest BCUT2D eigenvalue weighted by Gasteiger charge is -2.16. The number of hydrogen-bond donors (Lipinski definition) is 0. The highest BCUT2D eigenvalue weighted by atomic mass is 35.5. The second-order valence-electron chi connectivity index (χ2n) is 9.15. The Morgan fingerprint density at radius 1 is 0.974 bits per heavy atom. The van der Waals surface area contributed by atoms with E-state index in [-0.39, 0.29) is 17.6 Å². The van der Waals surface area contributed by atoms with Crippen LogP contribution in [0.1, 0.15) is 50.3 Å². The van der Waals surface area contributed by atoms with E-state index in [1.54, 1.807) is 24.3 Å². The molecular weight excluding hydrogens is 531 g/mol. The second kappa shape index (κ2) is 10.3. The Bertz CT molecular complexity index is 1480. The Labute approximate surface area is 219 Å². The number of halogens is 6. The molecule has 4 aromatic rings.